The lowest BCUT2D eigenvalue weighted by atomic mass is 9.98. The Morgan fingerprint density at radius 1 is 1.07 bits per heavy atom. The van der Waals surface area contributed by atoms with Crippen molar-refractivity contribution in [3.63, 3.8) is 0 Å². The standard InChI is InChI=1S/C19H16N4O4/c24-17(25)9-16-20-18(23-22-16)21-19(26)27-10-15-13-7-3-1-5-11(13)12-6-2-4-8-14(12)15/h1-8,15H,9-10H2,(H,24,25)(H2,20,21,22,23,26). The van der Waals surface area contributed by atoms with Gasteiger partial charge >= 0.3 is 12.1 Å². The van der Waals surface area contributed by atoms with Crippen LogP contribution in [0.1, 0.15) is 22.9 Å². The highest BCUT2D eigenvalue weighted by molar-refractivity contribution is 5.83. The number of hydrogen-bond donors (Lipinski definition) is 3. The second-order valence-electron chi connectivity index (χ2n) is 6.13. The lowest BCUT2D eigenvalue weighted by Gasteiger charge is -2.13. The van der Waals surface area contributed by atoms with Gasteiger partial charge in [-0.3, -0.25) is 15.2 Å². The Bertz CT molecular complexity index is 969. The van der Waals surface area contributed by atoms with Gasteiger partial charge < -0.3 is 9.84 Å². The Morgan fingerprint density at radius 3 is 2.33 bits per heavy atom. The molecule has 1 amide bonds. The zero-order chi connectivity index (χ0) is 18.8. The predicted molar refractivity (Wildman–Crippen MR) is 96.4 cm³/mol. The van der Waals surface area contributed by atoms with E-state index in [1.54, 1.807) is 0 Å². The summed E-state index contributed by atoms with van der Waals surface area (Å²) in [6.45, 7) is 0.173. The lowest BCUT2D eigenvalue weighted by molar-refractivity contribution is -0.136. The summed E-state index contributed by atoms with van der Waals surface area (Å²) in [4.78, 5) is 26.6. The van der Waals surface area contributed by atoms with Gasteiger partial charge in [0.15, 0.2) is 0 Å². The molecule has 4 rings (SSSR count). The first-order chi connectivity index (χ1) is 13.1. The molecule has 0 aliphatic heterocycles. The van der Waals surface area contributed by atoms with Crippen LogP contribution in [-0.4, -0.2) is 39.0 Å². The number of aromatic nitrogens is 3. The van der Waals surface area contributed by atoms with E-state index in [1.807, 2.05) is 36.4 Å². The first-order valence-electron chi connectivity index (χ1n) is 8.37. The van der Waals surface area contributed by atoms with E-state index in [2.05, 4.69) is 32.6 Å². The first kappa shape index (κ1) is 16.8. The first-order valence-corrected chi connectivity index (χ1v) is 8.37. The van der Waals surface area contributed by atoms with Gasteiger partial charge in [0.1, 0.15) is 18.9 Å². The minimum Gasteiger partial charge on any atom is -0.481 e. The molecule has 1 aliphatic rings. The van der Waals surface area contributed by atoms with Crippen molar-refractivity contribution >= 4 is 18.0 Å². The van der Waals surface area contributed by atoms with Crippen molar-refractivity contribution in [2.24, 2.45) is 0 Å². The minimum atomic E-state index is -1.04. The number of nitrogens with one attached hydrogen (secondary N) is 2. The Morgan fingerprint density at radius 2 is 1.70 bits per heavy atom. The van der Waals surface area contributed by atoms with Crippen LogP contribution in [0.4, 0.5) is 10.7 Å². The molecule has 2 aromatic carbocycles. The fraction of sp³-hybridized carbons (Fsp3) is 0.158. The van der Waals surface area contributed by atoms with Crippen LogP contribution in [0.5, 0.6) is 0 Å². The van der Waals surface area contributed by atoms with Crippen molar-refractivity contribution in [1.29, 1.82) is 0 Å². The second kappa shape index (κ2) is 6.91. The number of benzene rings is 2. The van der Waals surface area contributed by atoms with E-state index in [0.29, 0.717) is 0 Å². The zero-order valence-electron chi connectivity index (χ0n) is 14.2. The number of aliphatic carboxylic acids is 1. The molecule has 0 saturated heterocycles. The van der Waals surface area contributed by atoms with Crippen LogP contribution in [0.15, 0.2) is 48.5 Å². The van der Waals surface area contributed by atoms with Crippen LogP contribution in [0.3, 0.4) is 0 Å². The van der Waals surface area contributed by atoms with E-state index < -0.39 is 12.1 Å². The summed E-state index contributed by atoms with van der Waals surface area (Å²) in [5.74, 6) is -0.961. The summed E-state index contributed by atoms with van der Waals surface area (Å²) in [6, 6.07) is 16.1. The number of aromatic amines is 1. The number of fused-ring (bicyclic) bond motifs is 3. The van der Waals surface area contributed by atoms with Gasteiger partial charge in [0.05, 0.1) is 0 Å². The number of amides is 1. The van der Waals surface area contributed by atoms with E-state index in [1.165, 1.54) is 0 Å². The number of nitrogens with zero attached hydrogens (tertiary/aromatic N) is 2. The van der Waals surface area contributed by atoms with Crippen LogP contribution in [0.2, 0.25) is 0 Å². The molecule has 1 aromatic heterocycles. The van der Waals surface area contributed by atoms with Gasteiger partial charge in [0.25, 0.3) is 5.95 Å². The van der Waals surface area contributed by atoms with Crippen LogP contribution >= 0.6 is 0 Å². The number of ether oxygens (including phenoxy) is 1. The number of H-pyrrole nitrogens is 1. The van der Waals surface area contributed by atoms with E-state index in [4.69, 9.17) is 9.84 Å². The van der Waals surface area contributed by atoms with Gasteiger partial charge in [0, 0.05) is 5.92 Å². The molecular formula is C19H16N4O4. The molecule has 0 unspecified atom stereocenters. The summed E-state index contributed by atoms with van der Waals surface area (Å²) in [5.41, 5.74) is 4.53. The predicted octanol–water partition coefficient (Wildman–Crippen LogP) is 2.79. The third-order valence-corrected chi connectivity index (χ3v) is 4.41. The van der Waals surface area contributed by atoms with Gasteiger partial charge in [-0.25, -0.2) is 4.79 Å². The van der Waals surface area contributed by atoms with E-state index in [-0.39, 0.29) is 30.7 Å². The van der Waals surface area contributed by atoms with E-state index in [9.17, 15) is 9.59 Å². The molecule has 0 saturated carbocycles. The maximum Gasteiger partial charge on any atom is 0.414 e. The Kier molecular flexibility index (Phi) is 4.29. The second-order valence-corrected chi connectivity index (χ2v) is 6.13. The number of carboxylic acids is 1. The average Bonchev–Trinajstić information content (AvgIpc) is 3.21. The molecule has 3 N–H and O–H groups in total. The molecule has 3 aromatic rings. The van der Waals surface area contributed by atoms with Crippen molar-refractivity contribution in [2.45, 2.75) is 12.3 Å². The monoisotopic (exact) mass is 364 g/mol. The molecule has 8 nitrogen and oxygen atoms in total. The van der Waals surface area contributed by atoms with Crippen LogP contribution in [0, 0.1) is 0 Å². The van der Waals surface area contributed by atoms with Gasteiger partial charge in [-0.05, 0) is 22.3 Å². The van der Waals surface area contributed by atoms with Gasteiger partial charge in [-0.2, -0.15) is 4.98 Å². The molecule has 1 aliphatic carbocycles. The fourth-order valence-corrected chi connectivity index (χ4v) is 3.30. The van der Waals surface area contributed by atoms with Gasteiger partial charge in [0.2, 0.25) is 0 Å². The SMILES string of the molecule is O=C(O)Cc1nc(NC(=O)OCC2c3ccccc3-c3ccccc32)n[nH]1. The number of anilines is 1. The molecule has 1 heterocycles. The number of carbonyl (C=O) groups excluding carboxylic acids is 1. The normalized spacial score (nSPS) is 12.3. The molecule has 0 atom stereocenters. The number of carboxylic acid groups (broad SMARTS) is 1. The van der Waals surface area contributed by atoms with Crippen LogP contribution in [0.25, 0.3) is 11.1 Å². The number of rotatable bonds is 5. The minimum absolute atomic E-state index is 0.0246. The largest absolute Gasteiger partial charge is 0.481 e. The Balaban J connectivity index is 1.43. The highest BCUT2D eigenvalue weighted by Gasteiger charge is 2.29. The maximum atomic E-state index is 12.1. The fourth-order valence-electron chi connectivity index (χ4n) is 3.30. The van der Waals surface area contributed by atoms with E-state index in [0.717, 1.165) is 22.3 Å². The third-order valence-electron chi connectivity index (χ3n) is 4.41. The summed E-state index contributed by atoms with van der Waals surface area (Å²) in [5, 5.41) is 17.3. The molecule has 0 radical (unpaired) electrons. The lowest BCUT2D eigenvalue weighted by Crippen LogP contribution is -2.18. The van der Waals surface area contributed by atoms with Crippen LogP contribution in [-0.2, 0) is 16.0 Å². The van der Waals surface area contributed by atoms with Crippen molar-refractivity contribution in [3.8, 4) is 11.1 Å². The number of carbonyl (C=O) groups is 2. The highest BCUT2D eigenvalue weighted by atomic mass is 16.5. The third kappa shape index (κ3) is 3.37. The Hall–Kier alpha value is -3.68. The quantitative estimate of drug-likeness (QED) is 0.641. The molecule has 0 fully saturated rings. The summed E-state index contributed by atoms with van der Waals surface area (Å²) in [7, 11) is 0. The Labute approximate surface area is 154 Å². The highest BCUT2D eigenvalue weighted by Crippen LogP contribution is 2.44. The van der Waals surface area contributed by atoms with Gasteiger partial charge in [-0.15, -0.1) is 5.10 Å². The molecule has 136 valence electrons. The smallest absolute Gasteiger partial charge is 0.414 e. The average molecular weight is 364 g/mol. The van der Waals surface area contributed by atoms with Crippen molar-refractivity contribution < 1.29 is 19.4 Å². The summed E-state index contributed by atoms with van der Waals surface area (Å²) >= 11 is 0. The van der Waals surface area contributed by atoms with Crippen molar-refractivity contribution in [2.75, 3.05) is 11.9 Å². The zero-order valence-corrected chi connectivity index (χ0v) is 14.2. The van der Waals surface area contributed by atoms with E-state index >= 15 is 0 Å². The molecule has 0 spiro atoms. The van der Waals surface area contributed by atoms with Gasteiger partial charge in [-0.1, -0.05) is 48.5 Å². The summed E-state index contributed by atoms with van der Waals surface area (Å²) in [6.07, 6.45) is -1.00. The number of hydrogen-bond acceptors (Lipinski definition) is 5. The van der Waals surface area contributed by atoms with Crippen LogP contribution < -0.4 is 5.32 Å². The summed E-state index contributed by atoms with van der Waals surface area (Å²) < 4.78 is 5.37. The van der Waals surface area contributed by atoms with Crippen molar-refractivity contribution in [1.82, 2.24) is 15.2 Å². The molecule has 0 bridgehead atoms. The molecule has 8 heteroatoms. The topological polar surface area (TPSA) is 117 Å². The molecular weight excluding hydrogens is 348 g/mol. The maximum absolute atomic E-state index is 12.1. The van der Waals surface area contributed by atoms with Crippen molar-refractivity contribution in [3.05, 3.63) is 65.5 Å². The molecule has 27 heavy (non-hydrogen) atoms.